The van der Waals surface area contributed by atoms with Crippen LogP contribution in [-0.2, 0) is 4.57 Å². The summed E-state index contributed by atoms with van der Waals surface area (Å²) in [5.41, 5.74) is -0.172. The van der Waals surface area contributed by atoms with Gasteiger partial charge >= 0.3 is 0 Å². The second-order valence-corrected chi connectivity index (χ2v) is 12.3. The normalized spacial score (nSPS) is 9.42. The summed E-state index contributed by atoms with van der Waals surface area (Å²) in [6.45, 7) is 0. The second-order valence-electron chi connectivity index (χ2n) is 1.49. The largest absolute Gasteiger partial charge is 0.312 e. The van der Waals surface area contributed by atoms with Gasteiger partial charge in [0.1, 0.15) is 16.7 Å². The van der Waals surface area contributed by atoms with Gasteiger partial charge in [-0.3, -0.25) is 4.57 Å². The third-order valence-corrected chi connectivity index (χ3v) is 3.12. The van der Waals surface area contributed by atoms with Crippen LogP contribution in [0.2, 0.25) is 0 Å². The SMILES string of the molecule is N#CC(C#N)=C(Br)NP(=O)(Br)Br. The molecule has 0 aromatic rings. The van der Waals surface area contributed by atoms with Crippen molar-refractivity contribution in [3.05, 3.63) is 10.2 Å². The van der Waals surface area contributed by atoms with E-state index in [2.05, 4.69) is 52.0 Å². The van der Waals surface area contributed by atoms with Crippen molar-refractivity contribution in [3.8, 4) is 12.1 Å². The molecule has 0 aliphatic heterocycles. The summed E-state index contributed by atoms with van der Waals surface area (Å²) in [5, 5.41) is 19.1. The number of halogens is 3. The third-order valence-electron chi connectivity index (χ3n) is 0.671. The highest BCUT2D eigenvalue weighted by molar-refractivity contribution is 9.70. The summed E-state index contributed by atoms with van der Waals surface area (Å²) in [7, 11) is 0. The standard InChI is InChI=1S/C4HBr3N3OP/c5-4(3(1-8)2-9)10-12(6,7)11/h(H,10,11). The molecular weight excluding hydrogens is 377 g/mol. The fraction of sp³-hybridized carbons (Fsp3) is 0. The van der Waals surface area contributed by atoms with Crippen LogP contribution in [0.15, 0.2) is 10.2 Å². The Labute approximate surface area is 93.7 Å². The number of hydrogen-bond acceptors (Lipinski definition) is 3. The van der Waals surface area contributed by atoms with Crippen LogP contribution in [0.4, 0.5) is 0 Å². The predicted octanol–water partition coefficient (Wildman–Crippen LogP) is 3.13. The van der Waals surface area contributed by atoms with E-state index in [4.69, 9.17) is 10.5 Å². The van der Waals surface area contributed by atoms with E-state index in [1.807, 2.05) is 0 Å². The van der Waals surface area contributed by atoms with Gasteiger partial charge in [-0.2, -0.15) is 10.5 Å². The first-order chi connectivity index (χ1) is 5.40. The van der Waals surface area contributed by atoms with E-state index in [1.54, 1.807) is 12.1 Å². The molecule has 0 rings (SSSR count). The molecule has 0 spiro atoms. The number of nitriles is 2. The average Bonchev–Trinajstić information content (AvgIpc) is 1.85. The fourth-order valence-corrected chi connectivity index (χ4v) is 4.05. The highest BCUT2D eigenvalue weighted by atomic mass is 79.9. The van der Waals surface area contributed by atoms with Crippen LogP contribution in [0.3, 0.4) is 0 Å². The highest BCUT2D eigenvalue weighted by Gasteiger charge is 2.14. The van der Waals surface area contributed by atoms with Gasteiger partial charge in [0.2, 0.25) is 0 Å². The Kier molecular flexibility index (Phi) is 5.12. The van der Waals surface area contributed by atoms with Crippen molar-refractivity contribution < 1.29 is 4.57 Å². The summed E-state index contributed by atoms with van der Waals surface area (Å²) >= 11 is 8.46. The minimum atomic E-state index is -2.83. The van der Waals surface area contributed by atoms with Crippen LogP contribution in [0.25, 0.3) is 0 Å². The second kappa shape index (κ2) is 5.04. The lowest BCUT2D eigenvalue weighted by Gasteiger charge is -2.04. The van der Waals surface area contributed by atoms with Crippen molar-refractivity contribution in [1.29, 1.82) is 10.5 Å². The quantitative estimate of drug-likeness (QED) is 0.455. The van der Waals surface area contributed by atoms with Gasteiger partial charge < -0.3 is 5.09 Å². The maximum atomic E-state index is 11.0. The van der Waals surface area contributed by atoms with Crippen molar-refractivity contribution >= 4 is 51.6 Å². The van der Waals surface area contributed by atoms with E-state index in [1.165, 1.54) is 0 Å². The average molecular weight is 378 g/mol. The van der Waals surface area contributed by atoms with Gasteiger partial charge in [-0.05, 0) is 15.9 Å². The summed E-state index contributed by atoms with van der Waals surface area (Å²) in [4.78, 5) is 0. The van der Waals surface area contributed by atoms with E-state index in [0.717, 1.165) is 0 Å². The molecule has 0 aromatic heterocycles. The van der Waals surface area contributed by atoms with Gasteiger partial charge in [-0.25, -0.2) is 0 Å². The molecule has 0 atom stereocenters. The summed E-state index contributed by atoms with van der Waals surface area (Å²) in [5.74, 6) is 0. The van der Waals surface area contributed by atoms with Crippen LogP contribution in [0, 0.1) is 22.7 Å². The highest BCUT2D eigenvalue weighted by Crippen LogP contribution is 2.58. The third kappa shape index (κ3) is 4.95. The minimum Gasteiger partial charge on any atom is -0.312 e. The lowest BCUT2D eigenvalue weighted by atomic mass is 10.4. The molecule has 12 heavy (non-hydrogen) atoms. The van der Waals surface area contributed by atoms with E-state index < -0.39 is 4.70 Å². The molecule has 1 N–H and O–H groups in total. The molecule has 0 aliphatic rings. The molecule has 0 aliphatic carbocycles. The molecule has 64 valence electrons. The number of rotatable bonds is 2. The molecule has 8 heteroatoms. The van der Waals surface area contributed by atoms with Gasteiger partial charge in [0.15, 0.2) is 5.57 Å². The van der Waals surface area contributed by atoms with E-state index in [-0.39, 0.29) is 10.2 Å². The fourth-order valence-electron chi connectivity index (χ4n) is 0.293. The van der Waals surface area contributed by atoms with Crippen molar-refractivity contribution in [3.63, 3.8) is 0 Å². The van der Waals surface area contributed by atoms with Crippen LogP contribution in [-0.4, -0.2) is 0 Å². The van der Waals surface area contributed by atoms with Crippen LogP contribution in [0.5, 0.6) is 0 Å². The smallest absolute Gasteiger partial charge is 0.293 e. The first-order valence-electron chi connectivity index (χ1n) is 2.38. The molecule has 0 unspecified atom stereocenters. The van der Waals surface area contributed by atoms with Crippen LogP contribution in [0.1, 0.15) is 0 Å². The number of hydrogen-bond donors (Lipinski definition) is 1. The molecule has 0 saturated carbocycles. The summed E-state index contributed by atoms with van der Waals surface area (Å²) < 4.78 is 8.25. The molecule has 0 aromatic carbocycles. The first-order valence-corrected chi connectivity index (χ1v) is 8.92. The summed E-state index contributed by atoms with van der Waals surface area (Å²) in [6, 6.07) is 3.24. The van der Waals surface area contributed by atoms with Gasteiger partial charge in [0.25, 0.3) is 4.70 Å². The number of allylic oxidation sites excluding steroid dienone is 1. The maximum absolute atomic E-state index is 11.0. The van der Waals surface area contributed by atoms with Crippen molar-refractivity contribution in [1.82, 2.24) is 5.09 Å². The van der Waals surface area contributed by atoms with Gasteiger partial charge in [-0.1, -0.05) is 0 Å². The topological polar surface area (TPSA) is 76.7 Å². The molecule has 0 radical (unpaired) electrons. The van der Waals surface area contributed by atoms with Crippen molar-refractivity contribution in [2.75, 3.05) is 0 Å². The number of nitrogens with zero attached hydrogens (tertiary/aromatic N) is 2. The maximum Gasteiger partial charge on any atom is 0.293 e. The molecular formula is C4HBr3N3OP. The minimum absolute atomic E-state index is 0.0876. The molecule has 0 saturated heterocycles. The Bertz CT molecular complexity index is 316. The molecule has 0 fully saturated rings. The van der Waals surface area contributed by atoms with Gasteiger partial charge in [0, 0.05) is 31.0 Å². The first kappa shape index (κ1) is 12.2. The Morgan fingerprint density at radius 2 is 1.75 bits per heavy atom. The monoisotopic (exact) mass is 375 g/mol. The Hall–Kier alpha value is 0.190. The molecule has 0 amide bonds. The molecule has 0 bridgehead atoms. The molecule has 4 nitrogen and oxygen atoms in total. The Morgan fingerprint density at radius 3 is 2.00 bits per heavy atom. The van der Waals surface area contributed by atoms with Gasteiger partial charge in [-0.15, -0.1) is 0 Å². The molecule has 0 heterocycles. The van der Waals surface area contributed by atoms with E-state index >= 15 is 0 Å². The van der Waals surface area contributed by atoms with E-state index in [9.17, 15) is 4.57 Å². The zero-order valence-corrected chi connectivity index (χ0v) is 11.0. The zero-order valence-electron chi connectivity index (χ0n) is 5.38. The Morgan fingerprint density at radius 1 is 1.33 bits per heavy atom. The van der Waals surface area contributed by atoms with Crippen LogP contribution >= 0.6 is 51.6 Å². The lowest BCUT2D eigenvalue weighted by molar-refractivity contribution is 0.592. The van der Waals surface area contributed by atoms with Crippen LogP contribution < -0.4 is 5.09 Å². The predicted molar refractivity (Wildman–Crippen MR) is 55.8 cm³/mol. The van der Waals surface area contributed by atoms with Crippen molar-refractivity contribution in [2.24, 2.45) is 0 Å². The van der Waals surface area contributed by atoms with E-state index in [0.29, 0.717) is 0 Å². The lowest BCUT2D eigenvalue weighted by Crippen LogP contribution is -1.99. The number of nitrogens with one attached hydrogen (secondary N) is 1. The van der Waals surface area contributed by atoms with Crippen molar-refractivity contribution in [2.45, 2.75) is 0 Å². The Balaban J connectivity index is 4.75. The summed E-state index contributed by atoms with van der Waals surface area (Å²) in [6.07, 6.45) is 0. The zero-order chi connectivity index (χ0) is 9.78. The van der Waals surface area contributed by atoms with Gasteiger partial charge in [0.05, 0.1) is 0 Å².